The molecular formula is C18H27ClN2O3. The van der Waals surface area contributed by atoms with Crippen molar-refractivity contribution in [2.24, 2.45) is 0 Å². The Bertz CT molecular complexity index is 538. The highest BCUT2D eigenvalue weighted by Gasteiger charge is 2.08. The smallest absolute Gasteiger partial charge is 0.276 e. The van der Waals surface area contributed by atoms with E-state index in [-0.39, 0.29) is 12.5 Å². The van der Waals surface area contributed by atoms with Crippen LogP contribution in [0.1, 0.15) is 56.6 Å². The van der Waals surface area contributed by atoms with Crippen LogP contribution < -0.4 is 15.6 Å². The first-order valence-corrected chi connectivity index (χ1v) is 8.79. The van der Waals surface area contributed by atoms with E-state index in [0.717, 1.165) is 30.4 Å². The Hall–Kier alpha value is -1.75. The SMILES string of the molecule is CCCCCCCC(=O)NNC(=O)COc1cc(C)c(Cl)c(C)c1. The third kappa shape index (κ3) is 7.68. The molecule has 0 saturated heterocycles. The standard InChI is InChI=1S/C18H27ClN2O3/c1-4-5-6-7-8-9-16(22)20-21-17(23)12-24-15-10-13(2)18(19)14(3)11-15/h10-11H,4-9,12H2,1-3H3,(H,20,22)(H,21,23). The zero-order chi connectivity index (χ0) is 17.9. The van der Waals surface area contributed by atoms with Crippen molar-refractivity contribution in [1.29, 1.82) is 0 Å². The summed E-state index contributed by atoms with van der Waals surface area (Å²) < 4.78 is 5.42. The van der Waals surface area contributed by atoms with Gasteiger partial charge in [-0.3, -0.25) is 20.4 Å². The second-order valence-electron chi connectivity index (χ2n) is 5.92. The van der Waals surface area contributed by atoms with E-state index in [1.165, 1.54) is 12.8 Å². The highest BCUT2D eigenvalue weighted by atomic mass is 35.5. The summed E-state index contributed by atoms with van der Waals surface area (Å²) in [4.78, 5) is 23.3. The van der Waals surface area contributed by atoms with Crippen LogP contribution in [0.4, 0.5) is 0 Å². The minimum absolute atomic E-state index is 0.169. The lowest BCUT2D eigenvalue weighted by molar-refractivity contribution is -0.130. The monoisotopic (exact) mass is 354 g/mol. The zero-order valence-electron chi connectivity index (χ0n) is 14.7. The summed E-state index contributed by atoms with van der Waals surface area (Å²) in [5, 5.41) is 0.693. The Morgan fingerprint density at radius 2 is 1.58 bits per heavy atom. The van der Waals surface area contributed by atoms with E-state index in [9.17, 15) is 9.59 Å². The number of amides is 2. The van der Waals surface area contributed by atoms with Gasteiger partial charge in [0.1, 0.15) is 5.75 Å². The van der Waals surface area contributed by atoms with Gasteiger partial charge in [0, 0.05) is 11.4 Å². The lowest BCUT2D eigenvalue weighted by atomic mass is 10.1. The molecule has 24 heavy (non-hydrogen) atoms. The average Bonchev–Trinajstić information content (AvgIpc) is 2.55. The van der Waals surface area contributed by atoms with Crippen molar-refractivity contribution in [3.05, 3.63) is 28.3 Å². The predicted octanol–water partition coefficient (Wildman–Crippen LogP) is 3.84. The molecule has 0 aliphatic carbocycles. The van der Waals surface area contributed by atoms with Gasteiger partial charge in [0.2, 0.25) is 5.91 Å². The topological polar surface area (TPSA) is 67.4 Å². The van der Waals surface area contributed by atoms with Gasteiger partial charge in [-0.1, -0.05) is 44.2 Å². The minimum Gasteiger partial charge on any atom is -0.484 e. The summed E-state index contributed by atoms with van der Waals surface area (Å²) >= 11 is 6.08. The largest absolute Gasteiger partial charge is 0.484 e. The molecule has 2 amide bonds. The molecule has 0 spiro atoms. The van der Waals surface area contributed by atoms with Gasteiger partial charge in [0.15, 0.2) is 6.61 Å². The van der Waals surface area contributed by atoms with Crippen LogP contribution in [-0.4, -0.2) is 18.4 Å². The maximum atomic E-state index is 11.7. The van der Waals surface area contributed by atoms with Gasteiger partial charge >= 0.3 is 0 Å². The molecule has 0 heterocycles. The van der Waals surface area contributed by atoms with Crippen molar-refractivity contribution >= 4 is 23.4 Å². The van der Waals surface area contributed by atoms with Crippen molar-refractivity contribution in [2.45, 2.75) is 59.3 Å². The number of hydrazine groups is 1. The molecule has 0 saturated carbocycles. The molecule has 1 aromatic rings. The Morgan fingerprint density at radius 1 is 1.00 bits per heavy atom. The molecule has 0 aliphatic rings. The van der Waals surface area contributed by atoms with E-state index in [2.05, 4.69) is 17.8 Å². The van der Waals surface area contributed by atoms with Gasteiger partial charge in [-0.05, 0) is 43.5 Å². The molecule has 1 aromatic carbocycles. The van der Waals surface area contributed by atoms with Gasteiger partial charge in [-0.25, -0.2) is 0 Å². The summed E-state index contributed by atoms with van der Waals surface area (Å²) in [6, 6.07) is 3.55. The van der Waals surface area contributed by atoms with Crippen LogP contribution in [0, 0.1) is 13.8 Å². The van der Waals surface area contributed by atoms with Gasteiger partial charge in [-0.15, -0.1) is 0 Å². The molecule has 0 fully saturated rings. The van der Waals surface area contributed by atoms with Crippen LogP contribution in [0.3, 0.4) is 0 Å². The van der Waals surface area contributed by atoms with Gasteiger partial charge in [0.05, 0.1) is 0 Å². The van der Waals surface area contributed by atoms with E-state index in [4.69, 9.17) is 16.3 Å². The van der Waals surface area contributed by atoms with Gasteiger partial charge < -0.3 is 4.74 Å². The number of carbonyl (C=O) groups excluding carboxylic acids is 2. The molecule has 0 aromatic heterocycles. The number of benzene rings is 1. The second-order valence-corrected chi connectivity index (χ2v) is 6.30. The summed E-state index contributed by atoms with van der Waals surface area (Å²) in [7, 11) is 0. The van der Waals surface area contributed by atoms with Crippen LogP contribution in [0.25, 0.3) is 0 Å². The van der Waals surface area contributed by atoms with Crippen molar-refractivity contribution in [3.63, 3.8) is 0 Å². The molecule has 2 N–H and O–H groups in total. The quantitative estimate of drug-likeness (QED) is 0.523. The molecular weight excluding hydrogens is 328 g/mol. The van der Waals surface area contributed by atoms with Crippen LogP contribution in [0.15, 0.2) is 12.1 Å². The highest BCUT2D eigenvalue weighted by molar-refractivity contribution is 6.32. The number of rotatable bonds is 9. The van der Waals surface area contributed by atoms with Crippen LogP contribution in [-0.2, 0) is 9.59 Å². The Kier molecular flexibility index (Phi) is 9.23. The summed E-state index contributed by atoms with van der Waals surface area (Å²) in [6.45, 7) is 5.74. The van der Waals surface area contributed by atoms with E-state index >= 15 is 0 Å². The van der Waals surface area contributed by atoms with Crippen LogP contribution >= 0.6 is 11.6 Å². The zero-order valence-corrected chi connectivity index (χ0v) is 15.5. The van der Waals surface area contributed by atoms with Crippen molar-refractivity contribution < 1.29 is 14.3 Å². The van der Waals surface area contributed by atoms with Crippen LogP contribution in [0.2, 0.25) is 5.02 Å². The number of halogens is 1. The molecule has 134 valence electrons. The average molecular weight is 355 g/mol. The molecule has 1 rings (SSSR count). The first-order valence-electron chi connectivity index (χ1n) is 8.41. The fraction of sp³-hybridized carbons (Fsp3) is 0.556. The van der Waals surface area contributed by atoms with Crippen molar-refractivity contribution in [2.75, 3.05) is 6.61 Å². The maximum absolute atomic E-state index is 11.7. The van der Waals surface area contributed by atoms with Crippen molar-refractivity contribution in [3.8, 4) is 5.75 Å². The first kappa shape index (κ1) is 20.3. The minimum atomic E-state index is -0.403. The normalized spacial score (nSPS) is 10.3. The lowest BCUT2D eigenvalue weighted by Crippen LogP contribution is -2.43. The highest BCUT2D eigenvalue weighted by Crippen LogP contribution is 2.25. The van der Waals surface area contributed by atoms with Gasteiger partial charge in [-0.2, -0.15) is 0 Å². The number of aryl methyl sites for hydroxylation is 2. The predicted molar refractivity (Wildman–Crippen MR) is 96.1 cm³/mol. The Balaban J connectivity index is 2.23. The molecule has 0 radical (unpaired) electrons. The Morgan fingerprint density at radius 3 is 2.21 bits per heavy atom. The molecule has 0 aliphatic heterocycles. The van der Waals surface area contributed by atoms with E-state index in [1.807, 2.05) is 13.8 Å². The number of hydrogen-bond acceptors (Lipinski definition) is 3. The summed E-state index contributed by atoms with van der Waals surface area (Å²) in [5.74, 6) is -0.00980. The molecule has 0 atom stereocenters. The third-order valence-electron chi connectivity index (χ3n) is 3.63. The second kappa shape index (κ2) is 10.9. The number of ether oxygens (including phenoxy) is 1. The molecule has 5 nitrogen and oxygen atoms in total. The molecule has 0 bridgehead atoms. The van der Waals surface area contributed by atoms with E-state index in [1.54, 1.807) is 12.1 Å². The van der Waals surface area contributed by atoms with Gasteiger partial charge in [0.25, 0.3) is 5.91 Å². The molecule has 0 unspecified atom stereocenters. The third-order valence-corrected chi connectivity index (χ3v) is 4.22. The summed E-state index contributed by atoms with van der Waals surface area (Å²) in [5.41, 5.74) is 6.54. The Labute approximate surface area is 149 Å². The number of carbonyl (C=O) groups is 2. The fourth-order valence-corrected chi connectivity index (χ4v) is 2.37. The lowest BCUT2D eigenvalue weighted by Gasteiger charge is -2.11. The molecule has 6 heteroatoms. The first-order chi connectivity index (χ1) is 11.4. The van der Waals surface area contributed by atoms with Crippen LogP contribution in [0.5, 0.6) is 5.75 Å². The number of hydrogen-bond donors (Lipinski definition) is 2. The number of unbranched alkanes of at least 4 members (excludes halogenated alkanes) is 4. The van der Waals surface area contributed by atoms with E-state index in [0.29, 0.717) is 17.2 Å². The van der Waals surface area contributed by atoms with Crippen molar-refractivity contribution in [1.82, 2.24) is 10.9 Å². The van der Waals surface area contributed by atoms with E-state index < -0.39 is 5.91 Å². The maximum Gasteiger partial charge on any atom is 0.276 e. The number of nitrogens with one attached hydrogen (secondary N) is 2. The summed E-state index contributed by atoms with van der Waals surface area (Å²) in [6.07, 6.45) is 5.80. The fourth-order valence-electron chi connectivity index (χ4n) is 2.27.